The van der Waals surface area contributed by atoms with Gasteiger partial charge in [-0.05, 0) is 30.3 Å². The lowest BCUT2D eigenvalue weighted by atomic mass is 9.85. The third-order valence-corrected chi connectivity index (χ3v) is 3.36. The average molecular weight is 266 g/mol. The molecule has 0 bridgehead atoms. The van der Waals surface area contributed by atoms with E-state index in [0.29, 0.717) is 11.3 Å². The van der Waals surface area contributed by atoms with Crippen LogP contribution in [0.15, 0.2) is 48.6 Å². The van der Waals surface area contributed by atoms with Crippen molar-refractivity contribution in [2.45, 2.75) is 5.60 Å². The molecule has 1 saturated heterocycles. The normalized spacial score (nSPS) is 26.9. The molecule has 1 heterocycles. The highest BCUT2D eigenvalue weighted by molar-refractivity contribution is 6.11. The third kappa shape index (κ3) is 1.70. The first-order chi connectivity index (χ1) is 9.65. The molecule has 1 N–H and O–H groups in total. The van der Waals surface area contributed by atoms with Gasteiger partial charge in [-0.25, -0.2) is 0 Å². The zero-order valence-electron chi connectivity index (χ0n) is 10.4. The maximum absolute atomic E-state index is 12.1. The Hall–Kier alpha value is -2.87. The van der Waals surface area contributed by atoms with Crippen LogP contribution >= 0.6 is 0 Å². The molecule has 1 aromatic carbocycles. The summed E-state index contributed by atoms with van der Waals surface area (Å²) >= 11 is 0. The van der Waals surface area contributed by atoms with Crippen LogP contribution in [0.3, 0.4) is 0 Å². The minimum Gasteiger partial charge on any atom is -0.472 e. The molecule has 0 spiro atoms. The number of imide groups is 1. The number of hydrogen-bond donors (Lipinski definition) is 1. The number of nitrogens with one attached hydrogen (secondary N) is 1. The van der Waals surface area contributed by atoms with Crippen LogP contribution in [0.25, 0.3) is 0 Å². The summed E-state index contributed by atoms with van der Waals surface area (Å²) in [5, 5.41) is 11.0. The van der Waals surface area contributed by atoms with Crippen molar-refractivity contribution in [2.75, 3.05) is 0 Å². The molecule has 0 saturated carbocycles. The number of rotatable bonds is 2. The van der Waals surface area contributed by atoms with Crippen molar-refractivity contribution in [3.63, 3.8) is 0 Å². The Morgan fingerprint density at radius 3 is 2.65 bits per heavy atom. The Bertz CT molecular complexity index is 682. The zero-order valence-corrected chi connectivity index (χ0v) is 10.4. The molecule has 0 aromatic heterocycles. The summed E-state index contributed by atoms with van der Waals surface area (Å²) < 4.78 is 5.77. The monoisotopic (exact) mass is 266 g/mol. The van der Waals surface area contributed by atoms with Gasteiger partial charge in [0, 0.05) is 0 Å². The quantitative estimate of drug-likeness (QED) is 0.812. The topological polar surface area (TPSA) is 79.2 Å². The van der Waals surface area contributed by atoms with Crippen molar-refractivity contribution in [1.82, 2.24) is 5.32 Å². The van der Waals surface area contributed by atoms with E-state index in [2.05, 4.69) is 5.32 Å². The van der Waals surface area contributed by atoms with E-state index in [9.17, 15) is 9.59 Å². The summed E-state index contributed by atoms with van der Waals surface area (Å²) in [5.41, 5.74) is -0.836. The van der Waals surface area contributed by atoms with E-state index in [0.717, 1.165) is 0 Å². The molecule has 2 atom stereocenters. The first-order valence-electron chi connectivity index (χ1n) is 6.06. The minimum absolute atomic E-state index is 0.371. The average Bonchev–Trinajstić information content (AvgIpc) is 2.72. The number of nitrogens with zero attached hydrogens (tertiary/aromatic N) is 1. The lowest BCUT2D eigenvalue weighted by Gasteiger charge is -2.29. The van der Waals surface area contributed by atoms with Gasteiger partial charge in [-0.1, -0.05) is 18.2 Å². The van der Waals surface area contributed by atoms with Crippen LogP contribution in [-0.2, 0) is 9.59 Å². The molecule has 1 aliphatic carbocycles. The van der Waals surface area contributed by atoms with Crippen molar-refractivity contribution in [1.29, 1.82) is 5.26 Å². The van der Waals surface area contributed by atoms with E-state index >= 15 is 0 Å². The highest BCUT2D eigenvalue weighted by atomic mass is 16.5. The second-order valence-electron chi connectivity index (χ2n) is 4.57. The van der Waals surface area contributed by atoms with Crippen LogP contribution in [0.5, 0.6) is 5.75 Å². The van der Waals surface area contributed by atoms with E-state index in [-0.39, 0.29) is 5.91 Å². The van der Waals surface area contributed by atoms with Crippen molar-refractivity contribution in [2.24, 2.45) is 5.92 Å². The Morgan fingerprint density at radius 1 is 1.20 bits per heavy atom. The molecular weight excluding hydrogens is 256 g/mol. The fraction of sp³-hybridized carbons (Fsp3) is 0.133. The van der Waals surface area contributed by atoms with Gasteiger partial charge in [0.15, 0.2) is 0 Å². The Balaban J connectivity index is 1.96. The van der Waals surface area contributed by atoms with Gasteiger partial charge in [0.05, 0.1) is 11.6 Å². The summed E-state index contributed by atoms with van der Waals surface area (Å²) in [6, 6.07) is 8.40. The van der Waals surface area contributed by atoms with E-state index in [1.807, 2.05) is 6.07 Å². The molecule has 5 nitrogen and oxygen atoms in total. The lowest BCUT2D eigenvalue weighted by molar-refractivity contribution is -0.130. The van der Waals surface area contributed by atoms with Crippen molar-refractivity contribution < 1.29 is 14.3 Å². The van der Waals surface area contributed by atoms with E-state index in [1.165, 1.54) is 0 Å². The van der Waals surface area contributed by atoms with Gasteiger partial charge >= 0.3 is 0 Å². The van der Waals surface area contributed by atoms with Gasteiger partial charge < -0.3 is 4.74 Å². The summed E-state index contributed by atoms with van der Waals surface area (Å²) in [6.07, 6.45) is 6.61. The first kappa shape index (κ1) is 12.2. The summed E-state index contributed by atoms with van der Waals surface area (Å²) in [4.78, 5) is 23.8. The van der Waals surface area contributed by atoms with E-state index in [1.54, 1.807) is 48.6 Å². The number of carbonyl (C=O) groups excluding carboxylic acids is 2. The Morgan fingerprint density at radius 2 is 1.95 bits per heavy atom. The molecule has 98 valence electrons. The second kappa shape index (κ2) is 4.35. The maximum Gasteiger partial charge on any atom is 0.276 e. The Kier molecular flexibility index (Phi) is 2.65. The molecule has 2 unspecified atom stereocenters. The van der Waals surface area contributed by atoms with Gasteiger partial charge in [-0.2, -0.15) is 5.26 Å². The number of ether oxygens (including phenoxy) is 1. The van der Waals surface area contributed by atoms with Crippen LogP contribution in [-0.4, -0.2) is 17.4 Å². The molecule has 1 aromatic rings. The first-order valence-corrected chi connectivity index (χ1v) is 6.06. The standard InChI is InChI=1S/C15H10N2O3/c16-9-10-4-6-11(7-5-10)20-15-8-2-1-3-12(15)13(18)17-14(15)19/h1-8,12H,(H,17,18,19). The number of fused-ring (bicyclic) bond motifs is 1. The SMILES string of the molecule is N#Cc1ccc(OC23C=CC=CC2C(=O)NC3=O)cc1. The smallest absolute Gasteiger partial charge is 0.276 e. The van der Waals surface area contributed by atoms with Gasteiger partial charge in [0.1, 0.15) is 11.7 Å². The largest absolute Gasteiger partial charge is 0.472 e. The minimum atomic E-state index is -1.33. The second-order valence-corrected chi connectivity index (χ2v) is 4.57. The highest BCUT2D eigenvalue weighted by Gasteiger charge is 2.55. The number of allylic oxidation sites excluding steroid dienone is 2. The Labute approximate surface area is 115 Å². The van der Waals surface area contributed by atoms with E-state index < -0.39 is 17.4 Å². The van der Waals surface area contributed by atoms with Crippen LogP contribution in [0.1, 0.15) is 5.56 Å². The van der Waals surface area contributed by atoms with Crippen LogP contribution < -0.4 is 10.1 Å². The highest BCUT2D eigenvalue weighted by Crippen LogP contribution is 2.35. The van der Waals surface area contributed by atoms with Crippen LogP contribution in [0, 0.1) is 17.2 Å². The molecule has 2 amide bonds. The van der Waals surface area contributed by atoms with Gasteiger partial charge in [0.2, 0.25) is 11.5 Å². The maximum atomic E-state index is 12.1. The number of carbonyl (C=O) groups is 2. The molecule has 20 heavy (non-hydrogen) atoms. The molecule has 0 radical (unpaired) electrons. The summed E-state index contributed by atoms with van der Waals surface area (Å²) in [5.74, 6) is -1.09. The number of benzene rings is 1. The fourth-order valence-electron chi connectivity index (χ4n) is 2.34. The molecule has 3 rings (SSSR count). The molecule has 5 heteroatoms. The predicted molar refractivity (Wildman–Crippen MR) is 69.4 cm³/mol. The molecule has 2 aliphatic rings. The van der Waals surface area contributed by atoms with E-state index in [4.69, 9.17) is 10.00 Å². The number of hydrogen-bond acceptors (Lipinski definition) is 4. The number of amides is 2. The summed E-state index contributed by atoms with van der Waals surface area (Å²) in [7, 11) is 0. The van der Waals surface area contributed by atoms with Crippen molar-refractivity contribution >= 4 is 11.8 Å². The lowest BCUT2D eigenvalue weighted by Crippen LogP contribution is -2.46. The molecule has 1 fully saturated rings. The van der Waals surface area contributed by atoms with Crippen molar-refractivity contribution in [3.8, 4) is 11.8 Å². The number of nitriles is 1. The van der Waals surface area contributed by atoms with Crippen LogP contribution in [0.2, 0.25) is 0 Å². The predicted octanol–water partition coefficient (Wildman–Crippen LogP) is 1.07. The van der Waals surface area contributed by atoms with Gasteiger partial charge in [0.25, 0.3) is 5.91 Å². The molecular formula is C15H10N2O3. The molecule has 1 aliphatic heterocycles. The summed E-state index contributed by atoms with van der Waals surface area (Å²) in [6.45, 7) is 0. The van der Waals surface area contributed by atoms with Crippen molar-refractivity contribution in [3.05, 3.63) is 54.1 Å². The fourth-order valence-corrected chi connectivity index (χ4v) is 2.34. The zero-order chi connectivity index (χ0) is 14.2. The van der Waals surface area contributed by atoms with Gasteiger partial charge in [-0.3, -0.25) is 14.9 Å². The van der Waals surface area contributed by atoms with Gasteiger partial charge in [-0.15, -0.1) is 0 Å². The van der Waals surface area contributed by atoms with Crippen LogP contribution in [0.4, 0.5) is 0 Å². The third-order valence-electron chi connectivity index (χ3n) is 3.36.